The number of amides is 1. The zero-order chi connectivity index (χ0) is 32.6. The first-order valence-corrected chi connectivity index (χ1v) is 15.4. The fourth-order valence-electron chi connectivity index (χ4n) is 5.27. The van der Waals surface area contributed by atoms with Gasteiger partial charge in [0.25, 0.3) is 5.91 Å². The number of halogens is 1. The summed E-state index contributed by atoms with van der Waals surface area (Å²) in [4.78, 5) is 27.1. The molecule has 5 rings (SSSR count). The maximum Gasteiger partial charge on any atom is 0.262 e. The molecule has 4 aromatic rings. The van der Waals surface area contributed by atoms with Crippen molar-refractivity contribution in [3.05, 3.63) is 89.4 Å². The van der Waals surface area contributed by atoms with Crippen LogP contribution in [0.1, 0.15) is 35.3 Å². The smallest absolute Gasteiger partial charge is 0.262 e. The van der Waals surface area contributed by atoms with Crippen LogP contribution in [-0.2, 0) is 0 Å². The molecule has 46 heavy (non-hydrogen) atoms. The average Bonchev–Trinajstić information content (AvgIpc) is 3.04. The van der Waals surface area contributed by atoms with Gasteiger partial charge in [0.2, 0.25) is 11.8 Å². The lowest BCUT2D eigenvalue weighted by atomic mass is 10.1. The predicted octanol–water partition coefficient (Wildman–Crippen LogP) is 6.43. The summed E-state index contributed by atoms with van der Waals surface area (Å²) >= 11 is 0. The maximum atomic E-state index is 15.0. The van der Waals surface area contributed by atoms with Crippen LogP contribution >= 0.6 is 0 Å². The van der Waals surface area contributed by atoms with Gasteiger partial charge in [-0.15, -0.1) is 0 Å². The molecule has 1 aliphatic rings. The molecular weight excluding hydrogens is 587 g/mol. The van der Waals surface area contributed by atoms with Crippen LogP contribution in [0.25, 0.3) is 0 Å². The Morgan fingerprint density at radius 1 is 0.957 bits per heavy atom. The second-order valence-corrected chi connectivity index (χ2v) is 11.5. The van der Waals surface area contributed by atoms with Crippen LogP contribution in [0.15, 0.2) is 66.9 Å². The van der Waals surface area contributed by atoms with E-state index in [0.717, 1.165) is 43.9 Å². The van der Waals surface area contributed by atoms with Crippen LogP contribution in [0.2, 0.25) is 0 Å². The first-order valence-electron chi connectivity index (χ1n) is 15.4. The van der Waals surface area contributed by atoms with Gasteiger partial charge in [-0.1, -0.05) is 30.3 Å². The summed E-state index contributed by atoms with van der Waals surface area (Å²) in [6.45, 7) is 13.4. The molecule has 242 valence electrons. The Morgan fingerprint density at radius 2 is 1.67 bits per heavy atom. The van der Waals surface area contributed by atoms with E-state index in [1.54, 1.807) is 30.3 Å². The summed E-state index contributed by atoms with van der Waals surface area (Å²) in [7, 11) is 1.53. The van der Waals surface area contributed by atoms with Crippen molar-refractivity contribution in [2.75, 3.05) is 57.1 Å². The lowest BCUT2D eigenvalue weighted by Gasteiger charge is -2.36. The normalized spacial score (nSPS) is 13.8. The molecule has 1 fully saturated rings. The number of carbonyl (C=O) groups is 1. The molecule has 1 saturated heterocycles. The summed E-state index contributed by atoms with van der Waals surface area (Å²) < 4.78 is 32.3. The van der Waals surface area contributed by atoms with Gasteiger partial charge in [-0.05, 0) is 63.1 Å². The average molecular weight is 629 g/mol. The fraction of sp³-hybridized carbons (Fsp3) is 0.343. The zero-order valence-electron chi connectivity index (χ0n) is 27.0. The molecule has 2 N–H and O–H groups in total. The number of anilines is 3. The molecule has 2 heterocycles. The van der Waals surface area contributed by atoms with Crippen LogP contribution in [0, 0.1) is 19.7 Å². The van der Waals surface area contributed by atoms with E-state index in [-0.39, 0.29) is 23.1 Å². The number of rotatable bonds is 12. The molecule has 0 unspecified atom stereocenters. The molecule has 10 nitrogen and oxygen atoms in total. The van der Waals surface area contributed by atoms with Gasteiger partial charge >= 0.3 is 0 Å². The highest BCUT2D eigenvalue weighted by Gasteiger charge is 2.21. The number of para-hydroxylation sites is 3. The van der Waals surface area contributed by atoms with Gasteiger partial charge in [-0.25, -0.2) is 9.37 Å². The lowest BCUT2D eigenvalue weighted by molar-refractivity contribution is 0.0965. The predicted molar refractivity (Wildman–Crippen MR) is 177 cm³/mol. The Morgan fingerprint density at radius 3 is 2.35 bits per heavy atom. The summed E-state index contributed by atoms with van der Waals surface area (Å²) in [6, 6.07) is 17.9. The number of ether oxygens (including phenoxy) is 3. The number of hydrogen-bond donors (Lipinski definition) is 2. The van der Waals surface area contributed by atoms with Crippen molar-refractivity contribution in [3.63, 3.8) is 0 Å². The Balaban J connectivity index is 1.30. The minimum atomic E-state index is -0.510. The minimum absolute atomic E-state index is 0.000361. The van der Waals surface area contributed by atoms with Crippen LogP contribution in [0.5, 0.6) is 23.1 Å². The van der Waals surface area contributed by atoms with E-state index in [1.165, 1.54) is 19.4 Å². The summed E-state index contributed by atoms with van der Waals surface area (Å²) in [6.07, 6.45) is 1.37. The summed E-state index contributed by atoms with van der Waals surface area (Å²) in [5, 5.41) is 5.97. The molecule has 11 heteroatoms. The molecule has 1 amide bonds. The monoisotopic (exact) mass is 628 g/mol. The second-order valence-electron chi connectivity index (χ2n) is 11.5. The summed E-state index contributed by atoms with van der Waals surface area (Å²) in [5.74, 6) is 0.166. The first kappa shape index (κ1) is 32.6. The number of piperazine rings is 1. The highest BCUT2D eigenvalue weighted by atomic mass is 19.1. The highest BCUT2D eigenvalue weighted by Crippen LogP contribution is 2.33. The van der Waals surface area contributed by atoms with Gasteiger partial charge < -0.3 is 24.8 Å². The third-order valence-electron chi connectivity index (χ3n) is 7.98. The van der Waals surface area contributed by atoms with Gasteiger partial charge in [0.15, 0.2) is 23.1 Å². The van der Waals surface area contributed by atoms with Crippen molar-refractivity contribution in [1.29, 1.82) is 0 Å². The Bertz CT molecular complexity index is 1640. The van der Waals surface area contributed by atoms with Gasteiger partial charge in [0.1, 0.15) is 12.2 Å². The van der Waals surface area contributed by atoms with Gasteiger partial charge in [-0.3, -0.25) is 14.6 Å². The standard InChI is InChI=1S/C35H41FN6O4/c1-23(2)42-17-15-41(16-18-42)19-20-45-29-14-13-26(21-28(29)36)38-35-37-22-27(33(43)39-32-24(3)9-8-10-25(32)4)34(40-35)46-31-12-7-6-11-30(31)44-5/h6-14,21-23H,15-20H2,1-5H3,(H,39,43)(H,37,38,40). The van der Waals surface area contributed by atoms with Crippen molar-refractivity contribution >= 4 is 23.2 Å². The number of nitrogens with one attached hydrogen (secondary N) is 2. The van der Waals surface area contributed by atoms with Crippen LogP contribution in [0.3, 0.4) is 0 Å². The number of nitrogens with zero attached hydrogens (tertiary/aromatic N) is 4. The highest BCUT2D eigenvalue weighted by molar-refractivity contribution is 6.06. The molecule has 0 spiro atoms. The molecule has 1 aromatic heterocycles. The maximum absolute atomic E-state index is 15.0. The molecule has 0 bridgehead atoms. The number of benzene rings is 3. The first-order chi connectivity index (χ1) is 22.2. The van der Waals surface area contributed by atoms with E-state index in [2.05, 4.69) is 44.2 Å². The third-order valence-corrected chi connectivity index (χ3v) is 7.98. The van der Waals surface area contributed by atoms with E-state index in [4.69, 9.17) is 14.2 Å². The molecule has 0 atom stereocenters. The number of hydrogen-bond acceptors (Lipinski definition) is 9. The van der Waals surface area contributed by atoms with E-state index >= 15 is 4.39 Å². The van der Waals surface area contributed by atoms with Gasteiger partial charge in [0.05, 0.1) is 7.11 Å². The molecular formula is C35H41FN6O4. The minimum Gasteiger partial charge on any atom is -0.493 e. The van der Waals surface area contributed by atoms with Crippen molar-refractivity contribution in [2.45, 2.75) is 33.7 Å². The Kier molecular flexibility index (Phi) is 10.7. The largest absolute Gasteiger partial charge is 0.493 e. The molecule has 3 aromatic carbocycles. The van der Waals surface area contributed by atoms with E-state index in [0.29, 0.717) is 35.5 Å². The van der Waals surface area contributed by atoms with Crippen LogP contribution in [-0.4, -0.2) is 78.2 Å². The van der Waals surface area contributed by atoms with E-state index in [1.807, 2.05) is 38.1 Å². The second kappa shape index (κ2) is 15.0. The van der Waals surface area contributed by atoms with Gasteiger partial charge in [0, 0.05) is 62.4 Å². The van der Waals surface area contributed by atoms with E-state index in [9.17, 15) is 4.79 Å². The van der Waals surface area contributed by atoms with E-state index < -0.39 is 11.7 Å². The third kappa shape index (κ3) is 8.09. The zero-order valence-corrected chi connectivity index (χ0v) is 27.0. The van der Waals surface area contributed by atoms with Crippen molar-refractivity contribution in [1.82, 2.24) is 19.8 Å². The topological polar surface area (TPSA) is 101 Å². The molecule has 1 aliphatic heterocycles. The van der Waals surface area contributed by atoms with Crippen LogP contribution in [0.4, 0.5) is 21.7 Å². The lowest BCUT2D eigenvalue weighted by Crippen LogP contribution is -2.49. The number of aryl methyl sites for hydroxylation is 2. The van der Waals surface area contributed by atoms with Crippen molar-refractivity contribution < 1.29 is 23.4 Å². The van der Waals surface area contributed by atoms with Gasteiger partial charge in [-0.2, -0.15) is 4.98 Å². The van der Waals surface area contributed by atoms with Crippen molar-refractivity contribution in [2.24, 2.45) is 0 Å². The molecule has 0 radical (unpaired) electrons. The van der Waals surface area contributed by atoms with Crippen LogP contribution < -0.4 is 24.8 Å². The number of methoxy groups -OCH3 is 1. The Hall–Kier alpha value is -4.74. The summed E-state index contributed by atoms with van der Waals surface area (Å²) in [5.41, 5.74) is 3.05. The molecule has 0 aliphatic carbocycles. The quantitative estimate of drug-likeness (QED) is 0.184. The number of carbonyl (C=O) groups excluding carboxylic acids is 1. The number of aromatic nitrogens is 2. The van der Waals surface area contributed by atoms with Crippen molar-refractivity contribution in [3.8, 4) is 23.1 Å². The Labute approximate surface area is 269 Å². The molecule has 0 saturated carbocycles. The SMILES string of the molecule is COc1ccccc1Oc1nc(Nc2ccc(OCCN3CCN(C(C)C)CC3)c(F)c2)ncc1C(=O)Nc1c(C)cccc1C. The fourth-order valence-corrected chi connectivity index (χ4v) is 5.27.